The van der Waals surface area contributed by atoms with Gasteiger partial charge in [-0.2, -0.15) is 0 Å². The van der Waals surface area contributed by atoms with Crippen LogP contribution in [0.15, 0.2) is 54.6 Å². The second kappa shape index (κ2) is 9.76. The molecular formula is C26H23Cl2N3O4S. The number of sulfonamides is 1. The van der Waals surface area contributed by atoms with Gasteiger partial charge < -0.3 is 5.32 Å². The van der Waals surface area contributed by atoms with E-state index in [0.717, 1.165) is 31.2 Å². The second-order valence-electron chi connectivity index (χ2n) is 8.87. The maximum Gasteiger partial charge on any atom is 0.241 e. The molecule has 0 bridgehead atoms. The average Bonchev–Trinajstić information content (AvgIpc) is 2.96. The number of hydrogen-bond donors (Lipinski definition) is 2. The molecule has 1 aliphatic carbocycles. The monoisotopic (exact) mass is 543 g/mol. The maximum absolute atomic E-state index is 13.1. The SMILES string of the molecule is O=C1CC(=O)N(c2ccc(NS(=O)(=O)Cc3c(Cl)cccc3Cl)cc2)c2ccc3c(c2N1)CCCC3. The first-order valence-electron chi connectivity index (χ1n) is 11.5. The normalized spacial score (nSPS) is 15.6. The molecule has 2 N–H and O–H groups in total. The maximum atomic E-state index is 13.1. The number of benzene rings is 3. The highest BCUT2D eigenvalue weighted by molar-refractivity contribution is 7.91. The Morgan fingerprint density at radius 2 is 1.61 bits per heavy atom. The Hall–Kier alpha value is -3.07. The van der Waals surface area contributed by atoms with Crippen LogP contribution in [0.2, 0.25) is 10.0 Å². The Morgan fingerprint density at radius 1 is 0.917 bits per heavy atom. The number of nitrogens with zero attached hydrogens (tertiary/aromatic N) is 1. The van der Waals surface area contributed by atoms with Crippen LogP contribution in [-0.2, 0) is 38.2 Å². The lowest BCUT2D eigenvalue weighted by atomic mass is 9.89. The van der Waals surface area contributed by atoms with Gasteiger partial charge in [0.25, 0.3) is 0 Å². The lowest BCUT2D eigenvalue weighted by Crippen LogP contribution is -2.26. The average molecular weight is 544 g/mol. The van der Waals surface area contributed by atoms with Gasteiger partial charge in [-0.25, -0.2) is 8.42 Å². The lowest BCUT2D eigenvalue weighted by Gasteiger charge is -2.26. The molecule has 0 radical (unpaired) electrons. The summed E-state index contributed by atoms with van der Waals surface area (Å²) in [5, 5.41) is 3.48. The number of rotatable bonds is 5. The highest BCUT2D eigenvalue weighted by Gasteiger charge is 2.30. The molecule has 0 atom stereocenters. The number of nitrogens with one attached hydrogen (secondary N) is 2. The number of halogens is 2. The van der Waals surface area contributed by atoms with Crippen molar-refractivity contribution in [2.75, 3.05) is 14.9 Å². The quantitative estimate of drug-likeness (QED) is 0.396. The zero-order valence-electron chi connectivity index (χ0n) is 19.2. The van der Waals surface area contributed by atoms with E-state index < -0.39 is 10.0 Å². The summed E-state index contributed by atoms with van der Waals surface area (Å²) >= 11 is 12.2. The van der Waals surface area contributed by atoms with Gasteiger partial charge in [-0.05, 0) is 79.3 Å². The van der Waals surface area contributed by atoms with Crippen molar-refractivity contribution in [1.29, 1.82) is 0 Å². The Morgan fingerprint density at radius 3 is 2.33 bits per heavy atom. The minimum Gasteiger partial charge on any atom is -0.324 e. The summed E-state index contributed by atoms with van der Waals surface area (Å²) in [6, 6.07) is 15.2. The van der Waals surface area contributed by atoms with Crippen LogP contribution in [0.1, 0.15) is 36.0 Å². The van der Waals surface area contributed by atoms with Gasteiger partial charge in [-0.15, -0.1) is 0 Å². The van der Waals surface area contributed by atoms with Gasteiger partial charge in [0.2, 0.25) is 21.8 Å². The third-order valence-corrected chi connectivity index (χ3v) is 8.30. The number of amides is 2. The van der Waals surface area contributed by atoms with E-state index in [1.165, 1.54) is 10.5 Å². The van der Waals surface area contributed by atoms with Gasteiger partial charge in [0.1, 0.15) is 6.42 Å². The molecule has 7 nitrogen and oxygen atoms in total. The molecule has 2 amide bonds. The van der Waals surface area contributed by atoms with Gasteiger partial charge >= 0.3 is 0 Å². The van der Waals surface area contributed by atoms with E-state index in [-0.39, 0.29) is 34.0 Å². The van der Waals surface area contributed by atoms with E-state index in [9.17, 15) is 18.0 Å². The summed E-state index contributed by atoms with van der Waals surface area (Å²) in [5.74, 6) is -1.08. The molecule has 0 aromatic heterocycles. The van der Waals surface area contributed by atoms with Crippen LogP contribution < -0.4 is 14.9 Å². The molecule has 186 valence electrons. The Balaban J connectivity index is 1.43. The summed E-state index contributed by atoms with van der Waals surface area (Å²) < 4.78 is 28.0. The number of fused-ring (bicyclic) bond motifs is 3. The molecule has 0 saturated heterocycles. The fraction of sp³-hybridized carbons (Fsp3) is 0.231. The van der Waals surface area contributed by atoms with E-state index in [4.69, 9.17) is 23.2 Å². The highest BCUT2D eigenvalue weighted by atomic mass is 35.5. The fourth-order valence-electron chi connectivity index (χ4n) is 4.71. The number of aryl methyl sites for hydroxylation is 1. The predicted molar refractivity (Wildman–Crippen MR) is 143 cm³/mol. The third-order valence-electron chi connectivity index (χ3n) is 6.37. The molecular weight excluding hydrogens is 521 g/mol. The van der Waals surface area contributed by atoms with Gasteiger partial charge in [0, 0.05) is 27.0 Å². The van der Waals surface area contributed by atoms with E-state index >= 15 is 0 Å². The number of carbonyl (C=O) groups is 2. The molecule has 36 heavy (non-hydrogen) atoms. The van der Waals surface area contributed by atoms with Crippen LogP contribution in [0.5, 0.6) is 0 Å². The van der Waals surface area contributed by atoms with Crippen molar-refractivity contribution >= 4 is 67.8 Å². The smallest absolute Gasteiger partial charge is 0.241 e. The predicted octanol–water partition coefficient (Wildman–Crippen LogP) is 5.82. The first kappa shape index (κ1) is 24.6. The van der Waals surface area contributed by atoms with Gasteiger partial charge in [0.15, 0.2) is 0 Å². The standard InChI is InChI=1S/C26H23Cl2N3O4S/c27-21-6-3-7-22(28)20(21)15-36(34,35)30-17-9-11-18(12-10-17)31-23-13-8-16-4-1-2-5-19(16)26(23)29-24(32)14-25(31)33/h3,6-13,30H,1-2,4-5,14-15H2,(H,29,32). The number of anilines is 4. The fourth-order valence-corrected chi connectivity index (χ4v) is 6.66. The first-order valence-corrected chi connectivity index (χ1v) is 13.9. The molecule has 2 aliphatic rings. The van der Waals surface area contributed by atoms with Crippen LogP contribution in [0, 0.1) is 0 Å². The Labute approximate surface area is 219 Å². The second-order valence-corrected chi connectivity index (χ2v) is 11.4. The molecule has 0 saturated carbocycles. The summed E-state index contributed by atoms with van der Waals surface area (Å²) in [6.45, 7) is 0. The molecule has 3 aromatic carbocycles. The lowest BCUT2D eigenvalue weighted by molar-refractivity contribution is -0.124. The van der Waals surface area contributed by atoms with E-state index in [1.807, 2.05) is 12.1 Å². The molecule has 0 fully saturated rings. The molecule has 3 aromatic rings. The van der Waals surface area contributed by atoms with E-state index in [1.54, 1.807) is 42.5 Å². The number of carbonyl (C=O) groups excluding carboxylic acids is 2. The third kappa shape index (κ3) is 4.93. The summed E-state index contributed by atoms with van der Waals surface area (Å²) in [6.07, 6.45) is 3.64. The van der Waals surface area contributed by atoms with Crippen molar-refractivity contribution in [1.82, 2.24) is 0 Å². The minimum absolute atomic E-state index is 0.270. The topological polar surface area (TPSA) is 95.6 Å². The van der Waals surface area contributed by atoms with E-state index in [2.05, 4.69) is 10.0 Å². The molecule has 0 unspecified atom stereocenters. The Bertz CT molecular complexity index is 1450. The molecule has 10 heteroatoms. The minimum atomic E-state index is -3.81. The van der Waals surface area contributed by atoms with E-state index in [0.29, 0.717) is 28.3 Å². The van der Waals surface area contributed by atoms with Crippen LogP contribution in [0.4, 0.5) is 22.7 Å². The largest absolute Gasteiger partial charge is 0.324 e. The molecule has 1 aliphatic heterocycles. The zero-order chi connectivity index (χ0) is 25.4. The highest BCUT2D eigenvalue weighted by Crippen LogP contribution is 2.41. The summed E-state index contributed by atoms with van der Waals surface area (Å²) in [5.41, 5.74) is 4.75. The zero-order valence-corrected chi connectivity index (χ0v) is 21.5. The van der Waals surface area contributed by atoms with Crippen molar-refractivity contribution < 1.29 is 18.0 Å². The first-order chi connectivity index (χ1) is 17.2. The van der Waals surface area contributed by atoms with Crippen molar-refractivity contribution in [3.63, 3.8) is 0 Å². The van der Waals surface area contributed by atoms with Crippen LogP contribution in [0.3, 0.4) is 0 Å². The van der Waals surface area contributed by atoms with Crippen molar-refractivity contribution in [2.45, 2.75) is 37.9 Å². The van der Waals surface area contributed by atoms with Crippen molar-refractivity contribution in [3.05, 3.63) is 81.3 Å². The van der Waals surface area contributed by atoms with Crippen molar-refractivity contribution in [2.24, 2.45) is 0 Å². The summed E-state index contributed by atoms with van der Waals surface area (Å²) in [7, 11) is -3.81. The Kier molecular flexibility index (Phi) is 6.68. The molecule has 0 spiro atoms. The molecule has 1 heterocycles. The van der Waals surface area contributed by atoms with Crippen LogP contribution in [-0.4, -0.2) is 20.2 Å². The van der Waals surface area contributed by atoms with Gasteiger partial charge in [-0.1, -0.05) is 35.3 Å². The van der Waals surface area contributed by atoms with Crippen LogP contribution in [0.25, 0.3) is 0 Å². The van der Waals surface area contributed by atoms with Gasteiger partial charge in [0.05, 0.1) is 17.1 Å². The molecule has 5 rings (SSSR count). The van der Waals surface area contributed by atoms with Crippen molar-refractivity contribution in [3.8, 4) is 0 Å². The van der Waals surface area contributed by atoms with Crippen LogP contribution >= 0.6 is 23.2 Å². The van der Waals surface area contributed by atoms with Gasteiger partial charge in [-0.3, -0.25) is 19.2 Å². The summed E-state index contributed by atoms with van der Waals surface area (Å²) in [4.78, 5) is 27.1. The number of hydrogen-bond acceptors (Lipinski definition) is 4.